The van der Waals surface area contributed by atoms with E-state index in [1.54, 1.807) is 0 Å². The van der Waals surface area contributed by atoms with Gasteiger partial charge < -0.3 is 14.6 Å². The lowest BCUT2D eigenvalue weighted by Crippen LogP contribution is -2.52. The zero-order chi connectivity index (χ0) is 15.5. The van der Waals surface area contributed by atoms with Crippen LogP contribution in [-0.2, 0) is 4.79 Å². The van der Waals surface area contributed by atoms with E-state index in [0.717, 1.165) is 0 Å². The first-order valence-corrected chi connectivity index (χ1v) is 6.40. The van der Waals surface area contributed by atoms with Crippen LogP contribution in [-0.4, -0.2) is 22.5 Å². The molecule has 0 heterocycles. The van der Waals surface area contributed by atoms with Crippen molar-refractivity contribution in [2.45, 2.75) is 31.9 Å². The molecule has 1 rings (SSSR count). The normalized spacial score (nSPS) is 15.2. The van der Waals surface area contributed by atoms with Gasteiger partial charge in [0.05, 0.1) is 17.4 Å². The van der Waals surface area contributed by atoms with Gasteiger partial charge in [0.2, 0.25) is 6.04 Å². The van der Waals surface area contributed by atoms with Crippen LogP contribution in [0.4, 0.5) is 0 Å². The minimum Gasteiger partial charge on any atom is -0.546 e. The molecule has 0 radical (unpaired) electrons. The van der Waals surface area contributed by atoms with Crippen molar-refractivity contribution < 1.29 is 19.6 Å². The van der Waals surface area contributed by atoms with E-state index in [1.807, 2.05) is 0 Å². The predicted molar refractivity (Wildman–Crippen MR) is 71.6 cm³/mol. The highest BCUT2D eigenvalue weighted by atomic mass is 35.5. The molecular formula is C12H12Cl2NO5-. The quantitative estimate of drug-likeness (QED) is 0.589. The number of carbonyl (C=O) groups is 1. The van der Waals surface area contributed by atoms with Crippen molar-refractivity contribution in [2.24, 2.45) is 0 Å². The van der Waals surface area contributed by atoms with E-state index in [4.69, 9.17) is 27.9 Å². The van der Waals surface area contributed by atoms with Crippen molar-refractivity contribution >= 4 is 29.2 Å². The monoisotopic (exact) mass is 320 g/mol. The average Bonchev–Trinajstić information content (AvgIpc) is 2.32. The van der Waals surface area contributed by atoms with Crippen molar-refractivity contribution in [1.29, 1.82) is 0 Å². The molecule has 8 heteroatoms. The van der Waals surface area contributed by atoms with E-state index in [9.17, 15) is 20.0 Å². The topological polar surface area (TPSA) is 92.5 Å². The van der Waals surface area contributed by atoms with Crippen LogP contribution in [0, 0.1) is 10.1 Å². The number of nitro groups is 1. The number of benzene rings is 1. The number of aliphatic carboxylic acids is 1. The Morgan fingerprint density at radius 1 is 1.50 bits per heavy atom. The molecule has 0 saturated heterocycles. The molecule has 0 fully saturated rings. The van der Waals surface area contributed by atoms with Crippen molar-refractivity contribution in [3.05, 3.63) is 38.4 Å². The molecule has 0 aromatic heterocycles. The van der Waals surface area contributed by atoms with Crippen molar-refractivity contribution in [3.8, 4) is 5.75 Å². The largest absolute Gasteiger partial charge is 0.546 e. The van der Waals surface area contributed by atoms with Gasteiger partial charge in [0.1, 0.15) is 5.75 Å². The number of carboxylic acid groups (broad SMARTS) is 1. The standard InChI is InChI=1S/C12H13Cl2NO5/c1-7(15(18)19)6-12(2,11(16)17)20-10-4-3-8(13)5-9(10)14/h3-5,7H,6H2,1-2H3,(H,16,17)/p-1. The van der Waals surface area contributed by atoms with E-state index in [0.29, 0.717) is 5.02 Å². The first-order valence-electron chi connectivity index (χ1n) is 5.64. The summed E-state index contributed by atoms with van der Waals surface area (Å²) in [6.07, 6.45) is -0.360. The van der Waals surface area contributed by atoms with Gasteiger partial charge in [-0.2, -0.15) is 0 Å². The Balaban J connectivity index is 3.02. The molecule has 0 amide bonds. The van der Waals surface area contributed by atoms with Crippen LogP contribution in [0.1, 0.15) is 20.3 Å². The second kappa shape index (κ2) is 6.28. The average molecular weight is 321 g/mol. The lowest BCUT2D eigenvalue weighted by Gasteiger charge is -2.32. The van der Waals surface area contributed by atoms with Gasteiger partial charge in [-0.25, -0.2) is 0 Å². The summed E-state index contributed by atoms with van der Waals surface area (Å²) in [5.74, 6) is -1.49. The zero-order valence-corrected chi connectivity index (χ0v) is 12.3. The first-order chi connectivity index (χ1) is 9.15. The fourth-order valence-corrected chi connectivity index (χ4v) is 2.05. The van der Waals surface area contributed by atoms with E-state index < -0.39 is 22.5 Å². The van der Waals surface area contributed by atoms with E-state index in [1.165, 1.54) is 32.0 Å². The summed E-state index contributed by atoms with van der Waals surface area (Å²) in [5.41, 5.74) is -1.87. The summed E-state index contributed by atoms with van der Waals surface area (Å²) >= 11 is 11.6. The van der Waals surface area contributed by atoms with Gasteiger partial charge in [-0.3, -0.25) is 10.1 Å². The highest BCUT2D eigenvalue weighted by molar-refractivity contribution is 6.35. The van der Waals surface area contributed by atoms with Gasteiger partial charge >= 0.3 is 0 Å². The Bertz CT molecular complexity index is 537. The number of carboxylic acids is 1. The summed E-state index contributed by atoms with van der Waals surface area (Å²) in [6.45, 7) is 2.49. The van der Waals surface area contributed by atoms with Crippen LogP contribution in [0.2, 0.25) is 10.0 Å². The van der Waals surface area contributed by atoms with Gasteiger partial charge in [0, 0.05) is 16.9 Å². The fourth-order valence-electron chi connectivity index (χ4n) is 1.61. The molecule has 0 aliphatic heterocycles. The van der Waals surface area contributed by atoms with Crippen molar-refractivity contribution in [1.82, 2.24) is 0 Å². The summed E-state index contributed by atoms with van der Waals surface area (Å²) < 4.78 is 5.31. The second-order valence-corrected chi connectivity index (χ2v) is 5.38. The minimum atomic E-state index is -1.87. The maximum absolute atomic E-state index is 11.2. The number of nitrogens with zero attached hydrogens (tertiary/aromatic N) is 1. The summed E-state index contributed by atoms with van der Waals surface area (Å²) in [5, 5.41) is 22.4. The molecule has 2 atom stereocenters. The van der Waals surface area contributed by atoms with Crippen LogP contribution in [0.5, 0.6) is 5.75 Å². The first kappa shape index (κ1) is 16.5. The van der Waals surface area contributed by atoms with Crippen molar-refractivity contribution in [3.63, 3.8) is 0 Å². The number of ether oxygens (including phenoxy) is 1. The summed E-state index contributed by atoms with van der Waals surface area (Å²) in [7, 11) is 0. The SMILES string of the molecule is CC(CC(C)(Oc1ccc(Cl)cc1Cl)C(=O)[O-])[N+](=O)[O-]. The number of rotatable bonds is 6. The molecule has 110 valence electrons. The number of carbonyl (C=O) groups excluding carboxylic acids is 1. The molecule has 0 spiro atoms. The zero-order valence-electron chi connectivity index (χ0n) is 10.8. The molecule has 0 aliphatic rings. The second-order valence-electron chi connectivity index (χ2n) is 4.53. The Morgan fingerprint density at radius 2 is 2.10 bits per heavy atom. The molecule has 20 heavy (non-hydrogen) atoms. The van der Waals surface area contributed by atoms with Gasteiger partial charge in [-0.05, 0) is 25.1 Å². The van der Waals surface area contributed by atoms with Gasteiger partial charge in [-0.1, -0.05) is 23.2 Å². The predicted octanol–water partition coefficient (Wildman–Crippen LogP) is 1.94. The van der Waals surface area contributed by atoms with Gasteiger partial charge in [0.25, 0.3) is 0 Å². The van der Waals surface area contributed by atoms with Crippen LogP contribution in [0.15, 0.2) is 18.2 Å². The van der Waals surface area contributed by atoms with E-state index in [-0.39, 0.29) is 17.2 Å². The lowest BCUT2D eigenvalue weighted by atomic mass is 9.97. The molecule has 0 saturated carbocycles. The van der Waals surface area contributed by atoms with Crippen molar-refractivity contribution in [2.75, 3.05) is 0 Å². The Morgan fingerprint density at radius 3 is 2.55 bits per heavy atom. The Hall–Kier alpha value is -1.53. The summed E-state index contributed by atoms with van der Waals surface area (Å²) in [6, 6.07) is 3.13. The summed E-state index contributed by atoms with van der Waals surface area (Å²) in [4.78, 5) is 21.3. The maximum Gasteiger partial charge on any atom is 0.214 e. The molecule has 0 bridgehead atoms. The Labute approximate surface area is 125 Å². The molecule has 1 aromatic rings. The highest BCUT2D eigenvalue weighted by Gasteiger charge is 2.35. The maximum atomic E-state index is 11.2. The van der Waals surface area contributed by atoms with E-state index >= 15 is 0 Å². The molecule has 2 unspecified atom stereocenters. The van der Waals surface area contributed by atoms with E-state index in [2.05, 4.69) is 0 Å². The smallest absolute Gasteiger partial charge is 0.214 e. The van der Waals surface area contributed by atoms with Crippen LogP contribution in [0.25, 0.3) is 0 Å². The molecule has 6 nitrogen and oxygen atoms in total. The molecule has 0 aliphatic carbocycles. The lowest BCUT2D eigenvalue weighted by molar-refractivity contribution is -0.521. The highest BCUT2D eigenvalue weighted by Crippen LogP contribution is 2.32. The third-order valence-electron chi connectivity index (χ3n) is 2.71. The van der Waals surface area contributed by atoms with Crippen LogP contribution >= 0.6 is 23.2 Å². The molecule has 1 aromatic carbocycles. The third-order valence-corrected chi connectivity index (χ3v) is 3.24. The van der Waals surface area contributed by atoms with Crippen LogP contribution < -0.4 is 9.84 Å². The fraction of sp³-hybridized carbons (Fsp3) is 0.417. The molecular weight excluding hydrogens is 309 g/mol. The van der Waals surface area contributed by atoms with Gasteiger partial charge in [0.15, 0.2) is 5.60 Å². The Kier molecular flexibility index (Phi) is 5.19. The van der Waals surface area contributed by atoms with Crippen LogP contribution in [0.3, 0.4) is 0 Å². The number of halogens is 2. The molecule has 0 N–H and O–H groups in total. The van der Waals surface area contributed by atoms with Gasteiger partial charge in [-0.15, -0.1) is 0 Å². The number of hydrogen-bond donors (Lipinski definition) is 0. The third kappa shape index (κ3) is 3.98. The minimum absolute atomic E-state index is 0.0679. The number of hydrogen-bond acceptors (Lipinski definition) is 5.